The molecule has 10 nitrogen and oxygen atoms in total. The molecule has 0 bridgehead atoms. The molecule has 0 radical (unpaired) electrons. The molecular weight excluding hydrogens is 675 g/mol. The van der Waals surface area contributed by atoms with Gasteiger partial charge < -0.3 is 32.5 Å². The number of rotatable bonds is 22. The lowest BCUT2D eigenvalue weighted by Gasteiger charge is -2.46. The highest BCUT2D eigenvalue weighted by atomic mass is 28.5. The van der Waals surface area contributed by atoms with Crippen LogP contribution in [-0.2, 0) is 36.8 Å². The first-order chi connectivity index (χ1) is 21.6. The smallest absolute Gasteiger partial charge is 0.407 e. The van der Waals surface area contributed by atoms with Gasteiger partial charge in [-0.25, -0.2) is 9.59 Å². The second kappa shape index (κ2) is 22.4. The first-order valence-electron chi connectivity index (χ1n) is 17.5. The van der Waals surface area contributed by atoms with E-state index >= 15 is 0 Å². The van der Waals surface area contributed by atoms with Gasteiger partial charge >= 0.3 is 26.6 Å². The number of amides is 1. The van der Waals surface area contributed by atoms with E-state index in [9.17, 15) is 14.4 Å². The van der Waals surface area contributed by atoms with Crippen molar-refractivity contribution in [3.8, 4) is 0 Å². The zero-order valence-electron chi connectivity index (χ0n) is 31.6. The Morgan fingerprint density at radius 3 is 1.92 bits per heavy atom. The van der Waals surface area contributed by atoms with E-state index in [1.165, 1.54) is 18.9 Å². The third-order valence-electron chi connectivity index (χ3n) is 8.33. The number of nitrogens with one attached hydrogen (secondary N) is 1. The summed E-state index contributed by atoms with van der Waals surface area (Å²) < 4.78 is 34.7. The van der Waals surface area contributed by atoms with E-state index in [0.29, 0.717) is 25.2 Å². The average Bonchev–Trinajstić information content (AvgIpc) is 2.90. The predicted octanol–water partition coefficient (Wildman–Crippen LogP) is 9.36. The van der Waals surface area contributed by atoms with Crippen molar-refractivity contribution in [2.24, 2.45) is 10.8 Å². The number of ether oxygens (including phenoxy) is 4. The first-order valence-corrected chi connectivity index (χ1v) is 26.5. The minimum atomic E-state index is -2.20. The second-order valence-corrected chi connectivity index (χ2v) is 28.6. The van der Waals surface area contributed by atoms with Crippen molar-refractivity contribution in [2.75, 3.05) is 33.0 Å². The highest BCUT2D eigenvalue weighted by Gasteiger charge is 2.42. The molecule has 1 aliphatic rings. The topological polar surface area (TPSA) is 119 Å². The van der Waals surface area contributed by atoms with Crippen LogP contribution in [0.2, 0.25) is 51.4 Å². The fourth-order valence-corrected chi connectivity index (χ4v) is 21.2. The average molecular weight is 750 g/mol. The van der Waals surface area contributed by atoms with Crippen molar-refractivity contribution in [1.82, 2.24) is 5.32 Å². The third kappa shape index (κ3) is 22.8. The molecule has 0 aromatic heterocycles. The van der Waals surface area contributed by atoms with Gasteiger partial charge in [0.15, 0.2) is 16.6 Å². The summed E-state index contributed by atoms with van der Waals surface area (Å²) in [5, 5.41) is 3.05. The maximum atomic E-state index is 12.6. The molecule has 2 atom stereocenters. The van der Waals surface area contributed by atoms with Crippen LogP contribution in [0.25, 0.3) is 0 Å². The van der Waals surface area contributed by atoms with Gasteiger partial charge in [-0.3, -0.25) is 4.79 Å². The monoisotopic (exact) mass is 749 g/mol. The summed E-state index contributed by atoms with van der Waals surface area (Å²) >= 11 is 0. The van der Waals surface area contributed by atoms with Crippen molar-refractivity contribution in [3.63, 3.8) is 0 Å². The molecule has 0 aliphatic heterocycles. The lowest BCUT2D eigenvalue weighted by Crippen LogP contribution is -2.52. The normalized spacial score (nSPS) is 19.1. The zero-order valence-corrected chi connectivity index (χ0v) is 34.6. The van der Waals surface area contributed by atoms with Crippen molar-refractivity contribution in [3.05, 3.63) is 12.2 Å². The summed E-state index contributed by atoms with van der Waals surface area (Å²) in [5.74, 6) is -0.827. The fourth-order valence-electron chi connectivity index (χ4n) is 6.98. The Morgan fingerprint density at radius 2 is 1.35 bits per heavy atom. The number of hydrogen-bond donors (Lipinski definition) is 1. The molecule has 0 aromatic rings. The van der Waals surface area contributed by atoms with Crippen molar-refractivity contribution in [2.45, 2.75) is 158 Å². The lowest BCUT2D eigenvalue weighted by molar-refractivity contribution is -0.150. The molecule has 1 N–H and O–H groups in total. The van der Waals surface area contributed by atoms with Crippen molar-refractivity contribution in [1.29, 1.82) is 0 Å². The van der Waals surface area contributed by atoms with Crippen LogP contribution in [0, 0.1) is 10.8 Å². The Morgan fingerprint density at radius 1 is 0.796 bits per heavy atom. The van der Waals surface area contributed by atoms with Gasteiger partial charge in [0, 0.05) is 24.6 Å². The van der Waals surface area contributed by atoms with E-state index in [1.54, 1.807) is 6.92 Å². The second-order valence-electron chi connectivity index (χ2n) is 16.1. The summed E-state index contributed by atoms with van der Waals surface area (Å²) in [4.78, 5) is 36.4. The molecule has 1 fully saturated rings. The lowest BCUT2D eigenvalue weighted by atomic mass is 9.61. The quantitative estimate of drug-likeness (QED) is 0.0380. The molecule has 1 amide bonds. The van der Waals surface area contributed by atoms with Gasteiger partial charge in [0.25, 0.3) is 0 Å². The highest BCUT2D eigenvalue weighted by molar-refractivity contribution is 6.87. The van der Waals surface area contributed by atoms with E-state index < -0.39 is 37.3 Å². The third-order valence-corrected chi connectivity index (χ3v) is 19.8. The van der Waals surface area contributed by atoms with Crippen LogP contribution in [0.3, 0.4) is 0 Å². The molecule has 13 heteroatoms. The van der Waals surface area contributed by atoms with Crippen LogP contribution >= 0.6 is 0 Å². The van der Waals surface area contributed by atoms with Crippen LogP contribution in [0.5, 0.6) is 0 Å². The van der Waals surface area contributed by atoms with Gasteiger partial charge in [-0.05, 0) is 101 Å². The molecule has 1 rings (SSSR count). The van der Waals surface area contributed by atoms with E-state index in [-0.39, 0.29) is 63.9 Å². The Labute approximate surface area is 303 Å². The van der Waals surface area contributed by atoms with Crippen LogP contribution in [0.15, 0.2) is 12.2 Å². The molecule has 0 spiro atoms. The van der Waals surface area contributed by atoms with E-state index in [4.69, 9.17) is 27.2 Å². The minimum Gasteiger partial charge on any atom is -0.462 e. The van der Waals surface area contributed by atoms with Crippen molar-refractivity contribution < 1.29 is 41.6 Å². The largest absolute Gasteiger partial charge is 0.462 e. The summed E-state index contributed by atoms with van der Waals surface area (Å²) in [7, 11) is -5.80. The SMILES string of the molecule is C.C.C=C(C)C(=O)OCCOC(=O)CCC1(C)CC(NC(=O)OCCOCCC[Si](C)(C)O[Si](C)(C)O[Si](C)(C)CCCC)CC(C)(C)C1. The molecule has 1 saturated carbocycles. The van der Waals surface area contributed by atoms with Crippen molar-refractivity contribution >= 4 is 43.2 Å². The number of carbonyl (C=O) groups excluding carboxylic acids is 3. The van der Waals surface area contributed by atoms with Crippen LogP contribution in [-0.4, -0.2) is 82.3 Å². The minimum absolute atomic E-state index is 0. The number of hydrogen-bond acceptors (Lipinski definition) is 9. The zero-order chi connectivity index (χ0) is 35.9. The van der Waals surface area contributed by atoms with E-state index in [1.807, 2.05) is 0 Å². The van der Waals surface area contributed by atoms with E-state index in [0.717, 1.165) is 31.7 Å². The predicted molar refractivity (Wildman–Crippen MR) is 208 cm³/mol. The Hall–Kier alpha value is -1.52. The molecule has 1 aliphatic carbocycles. The summed E-state index contributed by atoms with van der Waals surface area (Å²) in [5.41, 5.74) is 0.149. The number of esters is 2. The van der Waals surface area contributed by atoms with Gasteiger partial charge in [-0.15, -0.1) is 0 Å². The van der Waals surface area contributed by atoms with Crippen LogP contribution < -0.4 is 5.32 Å². The Balaban J connectivity index is 0. The Kier molecular flexibility index (Phi) is 22.7. The summed E-state index contributed by atoms with van der Waals surface area (Å²) in [6, 6.07) is 2.11. The van der Waals surface area contributed by atoms with Gasteiger partial charge in [0.1, 0.15) is 19.8 Å². The molecule has 290 valence electrons. The molecule has 2 unspecified atom stereocenters. The van der Waals surface area contributed by atoms with Crippen LogP contribution in [0.4, 0.5) is 4.79 Å². The van der Waals surface area contributed by atoms with Gasteiger partial charge in [-0.2, -0.15) is 0 Å². The highest BCUT2D eigenvalue weighted by Crippen LogP contribution is 2.48. The standard InChI is InChI=1S/C34H67NO9Si3.2CH4/c1-13-14-23-45(7,8)43-47(11,12)44-46(9,10)24-15-18-39-19-20-42-32(38)35-29-25-33(4,5)27-34(6,26-29)17-16-30(36)40-21-22-41-31(37)28(2)3;;/h29H,2,13-27H2,1,3-12H3,(H,35,38);2*1H4. The molecule has 0 saturated heterocycles. The maximum Gasteiger partial charge on any atom is 0.407 e. The first kappa shape index (κ1) is 49.6. The fraction of sp³-hybridized carbons (Fsp3) is 0.861. The number of carbonyl (C=O) groups is 3. The molecule has 0 aromatic carbocycles. The van der Waals surface area contributed by atoms with Gasteiger partial charge in [0.2, 0.25) is 0 Å². The number of unbranched alkanes of at least 4 members (excludes halogenated alkanes) is 1. The maximum absolute atomic E-state index is 12.6. The summed E-state index contributed by atoms with van der Waals surface area (Å²) in [6.45, 7) is 28.5. The Bertz CT molecular complexity index is 1020. The summed E-state index contributed by atoms with van der Waals surface area (Å²) in [6.07, 6.45) is 6.27. The molecule has 49 heavy (non-hydrogen) atoms. The molecule has 0 heterocycles. The van der Waals surface area contributed by atoms with Gasteiger partial charge in [0.05, 0.1) is 6.61 Å². The van der Waals surface area contributed by atoms with E-state index in [2.05, 4.69) is 78.9 Å². The number of alkyl carbamates (subject to hydrolysis) is 1. The van der Waals surface area contributed by atoms with Crippen LogP contribution in [0.1, 0.15) is 101 Å². The molecular formula is C36H75NO9Si3. The van der Waals surface area contributed by atoms with Gasteiger partial charge in [-0.1, -0.05) is 62.0 Å².